The topological polar surface area (TPSA) is 61.4 Å². The van der Waals surface area contributed by atoms with Crippen LogP contribution in [0.2, 0.25) is 0 Å². The van der Waals surface area contributed by atoms with E-state index in [0.29, 0.717) is 12.1 Å². The normalized spacial score (nSPS) is 10.2. The van der Waals surface area contributed by atoms with Crippen molar-refractivity contribution < 1.29 is 9.59 Å². The zero-order chi connectivity index (χ0) is 19.8. The molecule has 5 nitrogen and oxygen atoms in total. The second-order valence-electron chi connectivity index (χ2n) is 6.50. The molecular formula is C23H23N3O2. The van der Waals surface area contributed by atoms with E-state index in [4.69, 9.17) is 0 Å². The number of amides is 2. The van der Waals surface area contributed by atoms with Crippen LogP contribution in [0, 0.1) is 0 Å². The molecule has 2 amide bonds. The minimum atomic E-state index is -0.149. The standard InChI is InChI=1S/C23H23N3O2/c1-26(17-18-9-4-2-5-10-18)23(28)19-11-8-14-21(15-19)24-16-22(27)25-20-12-6-3-7-13-20/h2-15,24H,16-17H2,1H3,(H,25,27). The first-order chi connectivity index (χ1) is 13.6. The fraction of sp³-hybridized carbons (Fsp3) is 0.130. The van der Waals surface area contributed by atoms with Gasteiger partial charge < -0.3 is 15.5 Å². The number of hydrogen-bond acceptors (Lipinski definition) is 3. The van der Waals surface area contributed by atoms with Crippen molar-refractivity contribution in [3.63, 3.8) is 0 Å². The molecule has 0 radical (unpaired) electrons. The van der Waals surface area contributed by atoms with Crippen LogP contribution in [0.5, 0.6) is 0 Å². The smallest absolute Gasteiger partial charge is 0.253 e. The van der Waals surface area contributed by atoms with Crippen molar-refractivity contribution in [3.8, 4) is 0 Å². The molecule has 3 rings (SSSR count). The zero-order valence-corrected chi connectivity index (χ0v) is 15.8. The third kappa shape index (κ3) is 5.45. The second kappa shape index (κ2) is 9.37. The van der Waals surface area contributed by atoms with E-state index in [1.54, 1.807) is 30.1 Å². The van der Waals surface area contributed by atoms with Crippen LogP contribution in [0.4, 0.5) is 11.4 Å². The van der Waals surface area contributed by atoms with E-state index in [1.165, 1.54) is 0 Å². The Labute approximate surface area is 165 Å². The van der Waals surface area contributed by atoms with Crippen LogP contribution in [0.3, 0.4) is 0 Å². The number of carbonyl (C=O) groups is 2. The number of para-hydroxylation sites is 1. The molecule has 142 valence electrons. The third-order valence-corrected chi connectivity index (χ3v) is 4.23. The molecule has 3 aromatic carbocycles. The zero-order valence-electron chi connectivity index (χ0n) is 15.8. The molecule has 0 heterocycles. The first kappa shape index (κ1) is 19.2. The largest absolute Gasteiger partial charge is 0.376 e. The molecule has 0 fully saturated rings. The number of benzene rings is 3. The Bertz CT molecular complexity index is 927. The predicted molar refractivity (Wildman–Crippen MR) is 112 cm³/mol. The molecule has 2 N–H and O–H groups in total. The van der Waals surface area contributed by atoms with Crippen molar-refractivity contribution in [2.24, 2.45) is 0 Å². The van der Waals surface area contributed by atoms with Crippen molar-refractivity contribution in [3.05, 3.63) is 96.1 Å². The summed E-state index contributed by atoms with van der Waals surface area (Å²) in [6, 6.07) is 26.3. The van der Waals surface area contributed by atoms with E-state index in [1.807, 2.05) is 66.7 Å². The molecule has 0 saturated heterocycles. The summed E-state index contributed by atoms with van der Waals surface area (Å²) in [5, 5.41) is 5.88. The highest BCUT2D eigenvalue weighted by Crippen LogP contribution is 2.14. The Hall–Kier alpha value is -3.60. The summed E-state index contributed by atoms with van der Waals surface area (Å²) >= 11 is 0. The number of carbonyl (C=O) groups excluding carboxylic acids is 2. The van der Waals surface area contributed by atoms with E-state index in [9.17, 15) is 9.59 Å². The number of anilines is 2. The predicted octanol–water partition coefficient (Wildman–Crippen LogP) is 4.01. The lowest BCUT2D eigenvalue weighted by atomic mass is 10.1. The Kier molecular flexibility index (Phi) is 6.41. The molecule has 3 aromatic rings. The van der Waals surface area contributed by atoms with Crippen LogP contribution < -0.4 is 10.6 Å². The molecule has 0 saturated carbocycles. The third-order valence-electron chi connectivity index (χ3n) is 4.23. The Balaban J connectivity index is 1.57. The number of hydrogen-bond donors (Lipinski definition) is 2. The van der Waals surface area contributed by atoms with Gasteiger partial charge in [-0.05, 0) is 35.9 Å². The quantitative estimate of drug-likeness (QED) is 0.658. The fourth-order valence-electron chi connectivity index (χ4n) is 2.82. The number of nitrogens with one attached hydrogen (secondary N) is 2. The fourth-order valence-corrected chi connectivity index (χ4v) is 2.82. The van der Waals surface area contributed by atoms with Gasteiger partial charge in [0.2, 0.25) is 5.91 Å². The van der Waals surface area contributed by atoms with Crippen LogP contribution in [-0.2, 0) is 11.3 Å². The van der Waals surface area contributed by atoms with Gasteiger partial charge in [-0.2, -0.15) is 0 Å². The highest BCUT2D eigenvalue weighted by molar-refractivity contribution is 5.96. The first-order valence-electron chi connectivity index (χ1n) is 9.10. The lowest BCUT2D eigenvalue weighted by Gasteiger charge is -2.18. The van der Waals surface area contributed by atoms with Crippen LogP contribution in [0.25, 0.3) is 0 Å². The van der Waals surface area contributed by atoms with Gasteiger partial charge in [0.15, 0.2) is 0 Å². The summed E-state index contributed by atoms with van der Waals surface area (Å²) in [5.41, 5.74) is 3.13. The summed E-state index contributed by atoms with van der Waals surface area (Å²) in [7, 11) is 1.78. The molecule has 0 aliphatic heterocycles. The molecule has 28 heavy (non-hydrogen) atoms. The van der Waals surface area contributed by atoms with Crippen LogP contribution in [-0.4, -0.2) is 30.3 Å². The average Bonchev–Trinajstić information content (AvgIpc) is 2.73. The Morgan fingerprint density at radius 3 is 2.18 bits per heavy atom. The lowest BCUT2D eigenvalue weighted by Crippen LogP contribution is -2.26. The van der Waals surface area contributed by atoms with Gasteiger partial charge in [0.1, 0.15) is 0 Å². The highest BCUT2D eigenvalue weighted by Gasteiger charge is 2.12. The van der Waals surface area contributed by atoms with Gasteiger partial charge in [-0.1, -0.05) is 54.6 Å². The van der Waals surface area contributed by atoms with E-state index in [0.717, 1.165) is 16.9 Å². The van der Waals surface area contributed by atoms with Crippen LogP contribution in [0.15, 0.2) is 84.9 Å². The van der Waals surface area contributed by atoms with Gasteiger partial charge in [-0.15, -0.1) is 0 Å². The van der Waals surface area contributed by atoms with E-state index < -0.39 is 0 Å². The molecule has 0 unspecified atom stereocenters. The monoisotopic (exact) mass is 373 g/mol. The maximum absolute atomic E-state index is 12.7. The minimum absolute atomic E-state index is 0.0683. The molecule has 5 heteroatoms. The van der Waals surface area contributed by atoms with Crippen molar-refractivity contribution >= 4 is 23.2 Å². The van der Waals surface area contributed by atoms with Gasteiger partial charge in [-0.25, -0.2) is 0 Å². The van der Waals surface area contributed by atoms with Crippen LogP contribution in [0.1, 0.15) is 15.9 Å². The summed E-state index contributed by atoms with van der Waals surface area (Å²) in [4.78, 5) is 26.4. The van der Waals surface area contributed by atoms with Gasteiger partial charge in [0.25, 0.3) is 5.91 Å². The van der Waals surface area contributed by atoms with Crippen molar-refractivity contribution in [1.82, 2.24) is 4.90 Å². The van der Waals surface area contributed by atoms with Gasteiger partial charge in [0.05, 0.1) is 6.54 Å². The average molecular weight is 373 g/mol. The maximum atomic E-state index is 12.7. The second-order valence-corrected chi connectivity index (χ2v) is 6.50. The molecule has 0 bridgehead atoms. The molecule has 0 aromatic heterocycles. The molecule has 0 aliphatic carbocycles. The molecule has 0 aliphatic rings. The molecule has 0 spiro atoms. The molecule has 0 atom stereocenters. The lowest BCUT2D eigenvalue weighted by molar-refractivity contribution is -0.114. The van der Waals surface area contributed by atoms with Crippen molar-refractivity contribution in [1.29, 1.82) is 0 Å². The number of rotatable bonds is 7. The number of nitrogens with zero attached hydrogens (tertiary/aromatic N) is 1. The van der Waals surface area contributed by atoms with Crippen molar-refractivity contribution in [2.75, 3.05) is 24.2 Å². The van der Waals surface area contributed by atoms with Gasteiger partial charge in [0, 0.05) is 30.5 Å². The van der Waals surface area contributed by atoms with Crippen LogP contribution >= 0.6 is 0 Å². The van der Waals surface area contributed by atoms with Gasteiger partial charge in [-0.3, -0.25) is 9.59 Å². The van der Waals surface area contributed by atoms with Gasteiger partial charge >= 0.3 is 0 Å². The maximum Gasteiger partial charge on any atom is 0.253 e. The summed E-state index contributed by atoms with van der Waals surface area (Å²) in [5.74, 6) is -0.217. The SMILES string of the molecule is CN(Cc1ccccc1)C(=O)c1cccc(NCC(=O)Nc2ccccc2)c1. The Morgan fingerprint density at radius 2 is 1.46 bits per heavy atom. The molecular weight excluding hydrogens is 350 g/mol. The minimum Gasteiger partial charge on any atom is -0.376 e. The Morgan fingerprint density at radius 1 is 0.821 bits per heavy atom. The van der Waals surface area contributed by atoms with Crippen molar-refractivity contribution in [2.45, 2.75) is 6.54 Å². The summed E-state index contributed by atoms with van der Waals surface area (Å²) in [6.07, 6.45) is 0. The first-order valence-corrected chi connectivity index (χ1v) is 9.10. The van der Waals surface area contributed by atoms with E-state index >= 15 is 0 Å². The highest BCUT2D eigenvalue weighted by atomic mass is 16.2. The van der Waals surface area contributed by atoms with E-state index in [2.05, 4.69) is 10.6 Å². The summed E-state index contributed by atoms with van der Waals surface area (Å²) in [6.45, 7) is 0.656. The summed E-state index contributed by atoms with van der Waals surface area (Å²) < 4.78 is 0. The van der Waals surface area contributed by atoms with E-state index in [-0.39, 0.29) is 18.4 Å².